The second-order valence-corrected chi connectivity index (χ2v) is 5.87. The molecule has 0 radical (unpaired) electrons. The van der Waals surface area contributed by atoms with Crippen LogP contribution in [0.3, 0.4) is 0 Å². The van der Waals surface area contributed by atoms with Crippen LogP contribution in [0.4, 0.5) is 4.39 Å². The van der Waals surface area contributed by atoms with Crippen LogP contribution in [0.2, 0.25) is 0 Å². The van der Waals surface area contributed by atoms with Gasteiger partial charge in [-0.2, -0.15) is 4.31 Å². The standard InChI is InChI=1S/C12H12FN3O2S/c1-16(9-10-4-2-6-14-8-10)19(17,18)12-11(13)5-3-7-15-12/h2-8H,9H2,1H3. The van der Waals surface area contributed by atoms with Crippen molar-refractivity contribution < 1.29 is 12.8 Å². The van der Waals surface area contributed by atoms with Crippen LogP contribution >= 0.6 is 0 Å². The smallest absolute Gasteiger partial charge is 0.263 e. The Kier molecular flexibility index (Phi) is 3.87. The van der Waals surface area contributed by atoms with Crippen molar-refractivity contribution in [3.8, 4) is 0 Å². The predicted octanol–water partition coefficient (Wildman–Crippen LogP) is 1.44. The summed E-state index contributed by atoms with van der Waals surface area (Å²) in [4.78, 5) is 7.49. The Morgan fingerprint density at radius 1 is 1.26 bits per heavy atom. The number of halogens is 1. The summed E-state index contributed by atoms with van der Waals surface area (Å²) in [6.45, 7) is 0.103. The molecule has 2 aromatic heterocycles. The molecule has 5 nitrogen and oxygen atoms in total. The quantitative estimate of drug-likeness (QED) is 0.850. The van der Waals surface area contributed by atoms with Gasteiger partial charge in [-0.1, -0.05) is 6.07 Å². The number of nitrogens with zero attached hydrogens (tertiary/aromatic N) is 3. The fourth-order valence-corrected chi connectivity index (χ4v) is 2.67. The van der Waals surface area contributed by atoms with E-state index in [4.69, 9.17) is 0 Å². The highest BCUT2D eigenvalue weighted by Crippen LogP contribution is 2.16. The minimum atomic E-state index is -3.95. The summed E-state index contributed by atoms with van der Waals surface area (Å²) in [5.41, 5.74) is 0.713. The molecule has 0 fully saturated rings. The fraction of sp³-hybridized carbons (Fsp3) is 0.167. The fourth-order valence-electron chi connectivity index (χ4n) is 1.54. The predicted molar refractivity (Wildman–Crippen MR) is 67.1 cm³/mol. The lowest BCUT2D eigenvalue weighted by Crippen LogP contribution is -2.28. The second kappa shape index (κ2) is 5.41. The van der Waals surface area contributed by atoms with Gasteiger partial charge in [0.1, 0.15) is 0 Å². The number of hydrogen-bond acceptors (Lipinski definition) is 4. The number of hydrogen-bond donors (Lipinski definition) is 0. The first-order valence-electron chi connectivity index (χ1n) is 5.47. The summed E-state index contributed by atoms with van der Waals surface area (Å²) >= 11 is 0. The number of sulfonamides is 1. The van der Waals surface area contributed by atoms with Crippen molar-refractivity contribution in [1.29, 1.82) is 0 Å². The molecule has 19 heavy (non-hydrogen) atoms. The molecular formula is C12H12FN3O2S. The minimum absolute atomic E-state index is 0.103. The van der Waals surface area contributed by atoms with Gasteiger partial charge >= 0.3 is 0 Å². The van der Waals surface area contributed by atoms with Gasteiger partial charge in [0.2, 0.25) is 5.03 Å². The van der Waals surface area contributed by atoms with E-state index in [2.05, 4.69) is 9.97 Å². The maximum Gasteiger partial charge on any atom is 0.263 e. The van der Waals surface area contributed by atoms with E-state index in [1.165, 1.54) is 19.3 Å². The lowest BCUT2D eigenvalue weighted by atomic mass is 10.3. The molecule has 100 valence electrons. The molecule has 0 aliphatic rings. The zero-order chi connectivity index (χ0) is 13.9. The van der Waals surface area contributed by atoms with Gasteiger partial charge in [0.25, 0.3) is 10.0 Å². The van der Waals surface area contributed by atoms with Gasteiger partial charge in [0.05, 0.1) is 0 Å². The normalized spacial score (nSPS) is 11.7. The first-order chi connectivity index (χ1) is 9.01. The third kappa shape index (κ3) is 2.94. The van der Waals surface area contributed by atoms with Gasteiger partial charge in [-0.15, -0.1) is 0 Å². The van der Waals surface area contributed by atoms with Crippen LogP contribution in [0.15, 0.2) is 47.9 Å². The van der Waals surface area contributed by atoms with Gasteiger partial charge in [-0.3, -0.25) is 4.98 Å². The summed E-state index contributed by atoms with van der Waals surface area (Å²) in [6, 6.07) is 5.86. The Morgan fingerprint density at radius 2 is 2.00 bits per heavy atom. The summed E-state index contributed by atoms with van der Waals surface area (Å²) in [7, 11) is -2.58. The van der Waals surface area contributed by atoms with Crippen molar-refractivity contribution in [2.75, 3.05) is 7.05 Å². The van der Waals surface area contributed by atoms with E-state index in [0.29, 0.717) is 5.56 Å². The molecule has 0 amide bonds. The molecule has 2 aromatic rings. The Bertz CT molecular complexity index is 662. The van der Waals surface area contributed by atoms with E-state index >= 15 is 0 Å². The van der Waals surface area contributed by atoms with E-state index in [1.54, 1.807) is 24.5 Å². The maximum absolute atomic E-state index is 13.5. The third-order valence-electron chi connectivity index (χ3n) is 2.51. The van der Waals surface area contributed by atoms with Crippen LogP contribution in [0, 0.1) is 5.82 Å². The Labute approximate surface area is 110 Å². The first-order valence-corrected chi connectivity index (χ1v) is 6.91. The van der Waals surface area contributed by atoms with Crippen LogP contribution in [0.5, 0.6) is 0 Å². The van der Waals surface area contributed by atoms with E-state index in [1.807, 2.05) is 0 Å². The Hall–Kier alpha value is -1.86. The Balaban J connectivity index is 2.28. The molecular weight excluding hydrogens is 269 g/mol. The van der Waals surface area contributed by atoms with Crippen LogP contribution in [0.25, 0.3) is 0 Å². The van der Waals surface area contributed by atoms with Crippen LogP contribution in [-0.4, -0.2) is 29.7 Å². The third-order valence-corrected chi connectivity index (χ3v) is 4.25. The lowest BCUT2D eigenvalue weighted by molar-refractivity contribution is 0.454. The molecule has 0 unspecified atom stereocenters. The summed E-state index contributed by atoms with van der Waals surface area (Å²) in [5.74, 6) is -0.861. The monoisotopic (exact) mass is 281 g/mol. The van der Waals surface area contributed by atoms with Crippen LogP contribution in [0.1, 0.15) is 5.56 Å². The molecule has 0 aliphatic heterocycles. The van der Waals surface area contributed by atoms with Crippen LogP contribution < -0.4 is 0 Å². The highest BCUT2D eigenvalue weighted by atomic mass is 32.2. The van der Waals surface area contributed by atoms with Gasteiger partial charge in [-0.05, 0) is 23.8 Å². The van der Waals surface area contributed by atoms with Gasteiger partial charge in [0.15, 0.2) is 5.82 Å². The topological polar surface area (TPSA) is 63.2 Å². The van der Waals surface area contributed by atoms with Gasteiger partial charge < -0.3 is 0 Å². The molecule has 0 aromatic carbocycles. The van der Waals surface area contributed by atoms with Crippen molar-refractivity contribution in [2.45, 2.75) is 11.6 Å². The van der Waals surface area contributed by atoms with Gasteiger partial charge in [-0.25, -0.2) is 17.8 Å². The summed E-state index contributed by atoms with van der Waals surface area (Å²) in [5, 5.41) is -0.568. The zero-order valence-corrected chi connectivity index (χ0v) is 11.0. The number of rotatable bonds is 4. The van der Waals surface area contributed by atoms with E-state index < -0.39 is 20.9 Å². The molecule has 2 rings (SSSR count). The van der Waals surface area contributed by atoms with Crippen molar-refractivity contribution in [2.24, 2.45) is 0 Å². The molecule has 2 heterocycles. The summed E-state index contributed by atoms with van der Waals surface area (Å²) < 4.78 is 38.9. The molecule has 0 bridgehead atoms. The van der Waals surface area contributed by atoms with Crippen molar-refractivity contribution in [3.63, 3.8) is 0 Å². The van der Waals surface area contributed by atoms with Gasteiger partial charge in [0, 0.05) is 32.2 Å². The average Bonchev–Trinajstić information content (AvgIpc) is 2.40. The highest BCUT2D eigenvalue weighted by Gasteiger charge is 2.25. The first kappa shape index (κ1) is 13.6. The van der Waals surface area contributed by atoms with Crippen molar-refractivity contribution >= 4 is 10.0 Å². The van der Waals surface area contributed by atoms with Crippen molar-refractivity contribution in [1.82, 2.24) is 14.3 Å². The van der Waals surface area contributed by atoms with E-state index in [0.717, 1.165) is 10.4 Å². The summed E-state index contributed by atoms with van der Waals surface area (Å²) in [6.07, 6.45) is 4.39. The second-order valence-electron chi connectivity index (χ2n) is 3.91. The average molecular weight is 281 g/mol. The van der Waals surface area contributed by atoms with E-state index in [-0.39, 0.29) is 6.54 Å². The number of aromatic nitrogens is 2. The van der Waals surface area contributed by atoms with Crippen LogP contribution in [-0.2, 0) is 16.6 Å². The van der Waals surface area contributed by atoms with E-state index in [9.17, 15) is 12.8 Å². The molecule has 0 saturated heterocycles. The molecule has 0 spiro atoms. The largest absolute Gasteiger partial charge is 0.264 e. The molecule has 7 heteroatoms. The molecule has 0 atom stereocenters. The highest BCUT2D eigenvalue weighted by molar-refractivity contribution is 7.89. The molecule has 0 aliphatic carbocycles. The lowest BCUT2D eigenvalue weighted by Gasteiger charge is -2.16. The zero-order valence-electron chi connectivity index (χ0n) is 10.2. The Morgan fingerprint density at radius 3 is 2.63 bits per heavy atom. The number of pyridine rings is 2. The SMILES string of the molecule is CN(Cc1cccnc1)S(=O)(=O)c1ncccc1F. The minimum Gasteiger partial charge on any atom is -0.264 e. The van der Waals surface area contributed by atoms with Crippen molar-refractivity contribution in [3.05, 3.63) is 54.2 Å². The molecule has 0 saturated carbocycles. The molecule has 0 N–H and O–H groups in total. The maximum atomic E-state index is 13.5.